The maximum absolute atomic E-state index is 13.3. The Morgan fingerprint density at radius 3 is 2.38 bits per heavy atom. The summed E-state index contributed by atoms with van der Waals surface area (Å²) in [5.41, 5.74) is 3.46. The highest BCUT2D eigenvalue weighted by molar-refractivity contribution is 6.39. The highest BCUT2D eigenvalue weighted by atomic mass is 19.1. The molecule has 2 heterocycles. The van der Waals surface area contributed by atoms with Gasteiger partial charge in [0.1, 0.15) is 5.82 Å². The summed E-state index contributed by atoms with van der Waals surface area (Å²) in [5.74, 6) is -1.62. The summed E-state index contributed by atoms with van der Waals surface area (Å²) in [6.45, 7) is 5.19. The van der Waals surface area contributed by atoms with E-state index >= 15 is 0 Å². The molecule has 1 fully saturated rings. The summed E-state index contributed by atoms with van der Waals surface area (Å²) in [6.07, 6.45) is 3.50. The zero-order valence-corrected chi connectivity index (χ0v) is 19.1. The van der Waals surface area contributed by atoms with Crippen molar-refractivity contribution in [2.45, 2.75) is 13.0 Å². The molecule has 0 spiro atoms. The van der Waals surface area contributed by atoms with Crippen LogP contribution in [0.25, 0.3) is 0 Å². The lowest BCUT2D eigenvalue weighted by Crippen LogP contribution is -2.50. The van der Waals surface area contributed by atoms with Crippen molar-refractivity contribution < 1.29 is 14.0 Å². The summed E-state index contributed by atoms with van der Waals surface area (Å²) >= 11 is 0. The molecule has 0 bridgehead atoms. The molecule has 0 radical (unpaired) electrons. The maximum Gasteiger partial charge on any atom is 0.313 e. The summed E-state index contributed by atoms with van der Waals surface area (Å²) in [7, 11) is 0. The van der Waals surface area contributed by atoms with E-state index in [-0.39, 0.29) is 18.4 Å². The molecule has 7 nitrogen and oxygen atoms in total. The van der Waals surface area contributed by atoms with Gasteiger partial charge in [0.05, 0.1) is 6.04 Å². The molecule has 2 N–H and O–H groups in total. The molecule has 2 amide bonds. The number of para-hydroxylation sites is 1. The fourth-order valence-corrected chi connectivity index (χ4v) is 4.14. The van der Waals surface area contributed by atoms with Crippen LogP contribution in [-0.2, 0) is 9.59 Å². The predicted molar refractivity (Wildman–Crippen MR) is 130 cm³/mol. The minimum atomic E-state index is -0.694. The molecule has 1 aromatic heterocycles. The van der Waals surface area contributed by atoms with E-state index in [9.17, 15) is 14.0 Å². The first-order chi connectivity index (χ1) is 16.5. The van der Waals surface area contributed by atoms with E-state index in [1.54, 1.807) is 30.6 Å². The van der Waals surface area contributed by atoms with Crippen LogP contribution in [0.5, 0.6) is 0 Å². The molecular formula is C26H28FN5O2. The number of nitrogens with zero attached hydrogens (tertiary/aromatic N) is 3. The van der Waals surface area contributed by atoms with Gasteiger partial charge in [0.15, 0.2) is 0 Å². The van der Waals surface area contributed by atoms with Gasteiger partial charge in [0.25, 0.3) is 0 Å². The highest BCUT2D eigenvalue weighted by Crippen LogP contribution is 2.24. The van der Waals surface area contributed by atoms with Gasteiger partial charge in [-0.05, 0) is 54.4 Å². The predicted octanol–water partition coefficient (Wildman–Crippen LogP) is 3.15. The Morgan fingerprint density at radius 1 is 0.971 bits per heavy atom. The van der Waals surface area contributed by atoms with E-state index in [2.05, 4.69) is 25.4 Å². The highest BCUT2D eigenvalue weighted by Gasteiger charge is 2.27. The quantitative estimate of drug-likeness (QED) is 0.552. The van der Waals surface area contributed by atoms with Crippen LogP contribution in [-0.4, -0.2) is 54.4 Å². The van der Waals surface area contributed by atoms with Crippen molar-refractivity contribution in [1.82, 2.24) is 15.2 Å². The lowest BCUT2D eigenvalue weighted by molar-refractivity contribution is -0.136. The number of amides is 2. The smallest absolute Gasteiger partial charge is 0.313 e. The number of carbonyl (C=O) groups excluding carboxylic acids is 2. The Morgan fingerprint density at radius 2 is 1.71 bits per heavy atom. The zero-order chi connectivity index (χ0) is 23.9. The maximum atomic E-state index is 13.3. The Bertz CT molecular complexity index is 1120. The first-order valence-electron chi connectivity index (χ1n) is 11.3. The summed E-state index contributed by atoms with van der Waals surface area (Å²) in [4.78, 5) is 33.7. The standard InChI is InChI=1S/C26H28FN5O2/c1-19-5-2-3-7-23(19)30-26(34)25(33)29-18-24(20-6-4-12-28-17-20)32-15-13-31(14-16-32)22-10-8-21(27)9-11-22/h2-12,17,24H,13-16,18H2,1H3,(H,29,33)(H,30,34). The van der Waals surface area contributed by atoms with Crippen molar-refractivity contribution in [3.8, 4) is 0 Å². The molecule has 4 rings (SSSR count). The van der Waals surface area contributed by atoms with Gasteiger partial charge >= 0.3 is 11.8 Å². The molecule has 176 valence electrons. The number of anilines is 2. The number of nitrogens with one attached hydrogen (secondary N) is 2. The number of hydrogen-bond donors (Lipinski definition) is 2. The molecule has 1 aliphatic heterocycles. The van der Waals surface area contributed by atoms with Crippen molar-refractivity contribution in [3.05, 3.63) is 90.0 Å². The third-order valence-electron chi connectivity index (χ3n) is 6.07. The lowest BCUT2D eigenvalue weighted by Gasteiger charge is -2.40. The Kier molecular flexibility index (Phi) is 7.49. The molecule has 1 aliphatic rings. The Labute approximate surface area is 198 Å². The molecule has 0 saturated carbocycles. The second-order valence-corrected chi connectivity index (χ2v) is 8.28. The number of aryl methyl sites for hydroxylation is 1. The number of piperazine rings is 1. The second kappa shape index (κ2) is 10.9. The van der Waals surface area contributed by atoms with Gasteiger partial charge in [-0.2, -0.15) is 0 Å². The van der Waals surface area contributed by atoms with Crippen LogP contribution in [0.2, 0.25) is 0 Å². The van der Waals surface area contributed by atoms with Gasteiger partial charge in [0, 0.05) is 56.5 Å². The number of carbonyl (C=O) groups is 2. The van der Waals surface area contributed by atoms with Crippen molar-refractivity contribution in [3.63, 3.8) is 0 Å². The molecule has 8 heteroatoms. The van der Waals surface area contributed by atoms with Crippen molar-refractivity contribution in [1.29, 1.82) is 0 Å². The van der Waals surface area contributed by atoms with E-state index in [1.165, 1.54) is 12.1 Å². The number of benzene rings is 2. The fraction of sp³-hybridized carbons (Fsp3) is 0.269. The van der Waals surface area contributed by atoms with Crippen LogP contribution in [0.4, 0.5) is 15.8 Å². The van der Waals surface area contributed by atoms with E-state index < -0.39 is 11.8 Å². The monoisotopic (exact) mass is 461 g/mol. The number of aromatic nitrogens is 1. The van der Waals surface area contributed by atoms with E-state index in [0.717, 1.165) is 43.0 Å². The van der Waals surface area contributed by atoms with Crippen LogP contribution in [0.3, 0.4) is 0 Å². The van der Waals surface area contributed by atoms with Gasteiger partial charge in [-0.25, -0.2) is 4.39 Å². The molecule has 0 aliphatic carbocycles. The van der Waals surface area contributed by atoms with Crippen molar-refractivity contribution in [2.75, 3.05) is 42.9 Å². The normalized spacial score (nSPS) is 14.9. The molecular weight excluding hydrogens is 433 g/mol. The summed E-state index contributed by atoms with van der Waals surface area (Å²) < 4.78 is 13.3. The number of halogens is 1. The van der Waals surface area contributed by atoms with Gasteiger partial charge < -0.3 is 15.5 Å². The van der Waals surface area contributed by atoms with Gasteiger partial charge in [-0.3, -0.25) is 19.5 Å². The van der Waals surface area contributed by atoms with Crippen molar-refractivity contribution >= 4 is 23.2 Å². The van der Waals surface area contributed by atoms with Crippen LogP contribution in [0.1, 0.15) is 17.2 Å². The Balaban J connectivity index is 1.39. The summed E-state index contributed by atoms with van der Waals surface area (Å²) in [5, 5.41) is 5.46. The second-order valence-electron chi connectivity index (χ2n) is 8.28. The van der Waals surface area contributed by atoms with E-state index in [1.807, 2.05) is 37.3 Å². The minimum Gasteiger partial charge on any atom is -0.369 e. The average molecular weight is 462 g/mol. The third-order valence-corrected chi connectivity index (χ3v) is 6.07. The fourth-order valence-electron chi connectivity index (χ4n) is 4.14. The molecule has 1 unspecified atom stereocenters. The topological polar surface area (TPSA) is 77.6 Å². The van der Waals surface area contributed by atoms with Crippen LogP contribution < -0.4 is 15.5 Å². The van der Waals surface area contributed by atoms with Crippen molar-refractivity contribution in [2.24, 2.45) is 0 Å². The molecule has 3 aromatic rings. The Hall–Kier alpha value is -3.78. The van der Waals surface area contributed by atoms with Crippen LogP contribution in [0.15, 0.2) is 73.1 Å². The van der Waals surface area contributed by atoms with Crippen LogP contribution in [0, 0.1) is 12.7 Å². The van der Waals surface area contributed by atoms with Crippen LogP contribution >= 0.6 is 0 Å². The first kappa shape index (κ1) is 23.4. The van der Waals surface area contributed by atoms with Gasteiger partial charge in [0.2, 0.25) is 0 Å². The zero-order valence-electron chi connectivity index (χ0n) is 19.1. The average Bonchev–Trinajstić information content (AvgIpc) is 2.87. The van der Waals surface area contributed by atoms with E-state index in [4.69, 9.17) is 0 Å². The molecule has 34 heavy (non-hydrogen) atoms. The summed E-state index contributed by atoms with van der Waals surface area (Å²) in [6, 6.07) is 17.6. The number of rotatable bonds is 6. The largest absolute Gasteiger partial charge is 0.369 e. The third kappa shape index (κ3) is 5.77. The number of pyridine rings is 1. The van der Waals surface area contributed by atoms with E-state index in [0.29, 0.717) is 5.69 Å². The van der Waals surface area contributed by atoms with Gasteiger partial charge in [-0.15, -0.1) is 0 Å². The number of hydrogen-bond acceptors (Lipinski definition) is 5. The SMILES string of the molecule is Cc1ccccc1NC(=O)C(=O)NCC(c1cccnc1)N1CCN(c2ccc(F)cc2)CC1. The molecule has 1 atom stereocenters. The molecule has 2 aromatic carbocycles. The first-order valence-corrected chi connectivity index (χ1v) is 11.3. The minimum absolute atomic E-state index is 0.126. The lowest BCUT2D eigenvalue weighted by atomic mass is 10.1. The van der Waals surface area contributed by atoms with Gasteiger partial charge in [-0.1, -0.05) is 24.3 Å². The molecule has 1 saturated heterocycles.